The molecule has 0 bridgehead atoms. The SMILES string of the molecule is CC(C)N(CC(=O)N(Cc1cccn1C)C1CC1)C(=O)c1cc(Cl)cc(Cl)c1. The fourth-order valence-electron chi connectivity index (χ4n) is 3.21. The highest BCUT2D eigenvalue weighted by molar-refractivity contribution is 6.35. The number of carbonyl (C=O) groups is 2. The van der Waals surface area contributed by atoms with Gasteiger partial charge in [-0.15, -0.1) is 0 Å². The van der Waals surface area contributed by atoms with Gasteiger partial charge >= 0.3 is 0 Å². The number of benzene rings is 1. The topological polar surface area (TPSA) is 45.6 Å². The predicted octanol–water partition coefficient (Wildman–Crippen LogP) is 4.37. The summed E-state index contributed by atoms with van der Waals surface area (Å²) in [7, 11) is 1.97. The third kappa shape index (κ3) is 4.89. The molecule has 0 saturated heterocycles. The summed E-state index contributed by atoms with van der Waals surface area (Å²) >= 11 is 12.1. The zero-order valence-corrected chi connectivity index (χ0v) is 17.9. The second-order valence-electron chi connectivity index (χ2n) is 7.55. The van der Waals surface area contributed by atoms with Gasteiger partial charge in [-0.05, 0) is 57.0 Å². The van der Waals surface area contributed by atoms with E-state index in [1.807, 2.05) is 48.7 Å². The number of nitrogens with zero attached hydrogens (tertiary/aromatic N) is 3. The van der Waals surface area contributed by atoms with Gasteiger partial charge in [0.1, 0.15) is 6.54 Å². The third-order valence-corrected chi connectivity index (χ3v) is 5.43. The Balaban J connectivity index is 1.77. The molecule has 1 aliphatic carbocycles. The monoisotopic (exact) mass is 421 g/mol. The number of carbonyl (C=O) groups excluding carboxylic acids is 2. The van der Waals surface area contributed by atoms with E-state index in [2.05, 4.69) is 0 Å². The van der Waals surface area contributed by atoms with Gasteiger partial charge in [-0.1, -0.05) is 23.2 Å². The maximum absolute atomic E-state index is 13.1. The fraction of sp³-hybridized carbons (Fsp3) is 0.429. The largest absolute Gasteiger partial charge is 0.353 e. The Morgan fingerprint density at radius 1 is 1.18 bits per heavy atom. The maximum atomic E-state index is 13.1. The third-order valence-electron chi connectivity index (χ3n) is 4.99. The van der Waals surface area contributed by atoms with Crippen molar-refractivity contribution in [1.82, 2.24) is 14.4 Å². The molecule has 2 aromatic rings. The molecule has 0 radical (unpaired) electrons. The molecule has 0 aliphatic heterocycles. The van der Waals surface area contributed by atoms with Crippen molar-refractivity contribution >= 4 is 35.0 Å². The minimum Gasteiger partial charge on any atom is -0.353 e. The van der Waals surface area contributed by atoms with Crippen LogP contribution in [0.4, 0.5) is 0 Å². The zero-order chi connectivity index (χ0) is 20.4. The van der Waals surface area contributed by atoms with Crippen LogP contribution in [0.25, 0.3) is 0 Å². The van der Waals surface area contributed by atoms with E-state index >= 15 is 0 Å². The van der Waals surface area contributed by atoms with Gasteiger partial charge in [-0.25, -0.2) is 0 Å². The second-order valence-corrected chi connectivity index (χ2v) is 8.42. The van der Waals surface area contributed by atoms with Crippen molar-refractivity contribution in [3.05, 3.63) is 57.8 Å². The van der Waals surface area contributed by atoms with Crippen LogP contribution < -0.4 is 0 Å². The highest BCUT2D eigenvalue weighted by atomic mass is 35.5. The van der Waals surface area contributed by atoms with Gasteiger partial charge < -0.3 is 14.4 Å². The molecule has 7 heteroatoms. The molecule has 1 fully saturated rings. The average Bonchev–Trinajstić information content (AvgIpc) is 3.38. The number of hydrogen-bond donors (Lipinski definition) is 0. The molecule has 1 saturated carbocycles. The first kappa shape index (κ1) is 20.7. The molecule has 1 aromatic carbocycles. The zero-order valence-electron chi connectivity index (χ0n) is 16.4. The van der Waals surface area contributed by atoms with Crippen LogP contribution in [0.2, 0.25) is 10.0 Å². The van der Waals surface area contributed by atoms with E-state index in [1.165, 1.54) is 0 Å². The molecule has 0 atom stereocenters. The minimum atomic E-state index is -0.248. The van der Waals surface area contributed by atoms with Gasteiger partial charge in [0.15, 0.2) is 0 Å². The maximum Gasteiger partial charge on any atom is 0.254 e. The molecule has 0 unspecified atom stereocenters. The van der Waals surface area contributed by atoms with E-state index in [1.54, 1.807) is 23.1 Å². The molecule has 150 valence electrons. The lowest BCUT2D eigenvalue weighted by molar-refractivity contribution is -0.133. The lowest BCUT2D eigenvalue weighted by Gasteiger charge is -2.30. The van der Waals surface area contributed by atoms with E-state index in [-0.39, 0.29) is 30.4 Å². The second kappa shape index (κ2) is 8.58. The first-order valence-corrected chi connectivity index (χ1v) is 10.2. The Kier molecular flexibility index (Phi) is 6.36. The number of halogens is 2. The molecule has 5 nitrogen and oxygen atoms in total. The first-order valence-electron chi connectivity index (χ1n) is 9.43. The first-order chi connectivity index (χ1) is 13.3. The van der Waals surface area contributed by atoms with Crippen molar-refractivity contribution in [3.63, 3.8) is 0 Å². The van der Waals surface area contributed by atoms with Crippen molar-refractivity contribution in [2.24, 2.45) is 7.05 Å². The summed E-state index contributed by atoms with van der Waals surface area (Å²) in [5.41, 5.74) is 1.46. The highest BCUT2D eigenvalue weighted by Crippen LogP contribution is 2.29. The normalized spacial score (nSPS) is 13.6. The number of hydrogen-bond acceptors (Lipinski definition) is 2. The summed E-state index contributed by atoms with van der Waals surface area (Å²) in [5, 5.41) is 0.795. The smallest absolute Gasteiger partial charge is 0.254 e. The fourth-order valence-corrected chi connectivity index (χ4v) is 3.74. The van der Waals surface area contributed by atoms with Gasteiger partial charge in [0.25, 0.3) is 5.91 Å². The van der Waals surface area contributed by atoms with E-state index in [4.69, 9.17) is 23.2 Å². The minimum absolute atomic E-state index is 0.0293. The Bertz CT molecular complexity index is 854. The summed E-state index contributed by atoms with van der Waals surface area (Å²) in [6.45, 7) is 4.38. The van der Waals surface area contributed by atoms with Crippen LogP contribution >= 0.6 is 23.2 Å². The van der Waals surface area contributed by atoms with Crippen LogP contribution in [0.15, 0.2) is 36.5 Å². The lowest BCUT2D eigenvalue weighted by atomic mass is 10.1. The number of amides is 2. The van der Waals surface area contributed by atoms with Crippen LogP contribution in [-0.2, 0) is 18.4 Å². The number of aryl methyl sites for hydroxylation is 1. The van der Waals surface area contributed by atoms with Crippen molar-refractivity contribution in [2.45, 2.75) is 45.3 Å². The van der Waals surface area contributed by atoms with Gasteiger partial charge in [0.2, 0.25) is 5.91 Å². The molecule has 0 spiro atoms. The molecule has 28 heavy (non-hydrogen) atoms. The van der Waals surface area contributed by atoms with Crippen LogP contribution in [-0.4, -0.2) is 44.8 Å². The molecule has 1 heterocycles. The Hall–Kier alpha value is -1.98. The van der Waals surface area contributed by atoms with Gasteiger partial charge in [0, 0.05) is 46.6 Å². The van der Waals surface area contributed by atoms with Crippen molar-refractivity contribution < 1.29 is 9.59 Å². The van der Waals surface area contributed by atoms with Gasteiger partial charge in [-0.2, -0.15) is 0 Å². The summed E-state index contributed by atoms with van der Waals surface area (Å²) in [4.78, 5) is 29.6. The average molecular weight is 422 g/mol. The van der Waals surface area contributed by atoms with Crippen molar-refractivity contribution in [2.75, 3.05) is 6.54 Å². The molecule has 3 rings (SSSR count). The highest BCUT2D eigenvalue weighted by Gasteiger charge is 2.34. The van der Waals surface area contributed by atoms with Crippen LogP contribution in [0.3, 0.4) is 0 Å². The number of aromatic nitrogens is 1. The Morgan fingerprint density at radius 2 is 1.82 bits per heavy atom. The molecular weight excluding hydrogens is 397 g/mol. The molecule has 1 aromatic heterocycles. The van der Waals surface area contributed by atoms with E-state index in [0.717, 1.165) is 18.5 Å². The Labute approximate surface area is 175 Å². The summed E-state index contributed by atoms with van der Waals surface area (Å²) in [6, 6.07) is 8.85. The van der Waals surface area contributed by atoms with Crippen LogP contribution in [0.1, 0.15) is 42.7 Å². The standard InChI is InChI=1S/C21H25Cl2N3O2/c1-14(2)25(21(28)15-9-16(22)11-17(23)10-15)13-20(27)26(18-6-7-18)12-19-5-4-8-24(19)3/h4-5,8-11,14,18H,6-7,12-13H2,1-3H3. The van der Waals surface area contributed by atoms with E-state index in [9.17, 15) is 9.59 Å². The summed E-state index contributed by atoms with van der Waals surface area (Å²) in [5.74, 6) is -0.291. The molecule has 2 amide bonds. The van der Waals surface area contributed by atoms with Gasteiger partial charge in [0.05, 0.1) is 6.54 Å². The van der Waals surface area contributed by atoms with Crippen LogP contribution in [0, 0.1) is 0 Å². The number of rotatable bonds is 7. The van der Waals surface area contributed by atoms with Crippen LogP contribution in [0.5, 0.6) is 0 Å². The predicted molar refractivity (Wildman–Crippen MR) is 112 cm³/mol. The molecule has 0 N–H and O–H groups in total. The van der Waals surface area contributed by atoms with Crippen molar-refractivity contribution in [3.8, 4) is 0 Å². The lowest BCUT2D eigenvalue weighted by Crippen LogP contribution is -2.46. The van der Waals surface area contributed by atoms with E-state index < -0.39 is 0 Å². The summed E-state index contributed by atoms with van der Waals surface area (Å²) < 4.78 is 2.02. The molecular formula is C21H25Cl2N3O2. The Morgan fingerprint density at radius 3 is 2.32 bits per heavy atom. The molecule has 1 aliphatic rings. The van der Waals surface area contributed by atoms with Crippen molar-refractivity contribution in [1.29, 1.82) is 0 Å². The van der Waals surface area contributed by atoms with E-state index in [0.29, 0.717) is 22.2 Å². The summed E-state index contributed by atoms with van der Waals surface area (Å²) in [6.07, 6.45) is 3.99. The van der Waals surface area contributed by atoms with Gasteiger partial charge in [-0.3, -0.25) is 9.59 Å². The quantitative estimate of drug-likeness (QED) is 0.665.